The Bertz CT molecular complexity index is 787. The van der Waals surface area contributed by atoms with Gasteiger partial charge >= 0.3 is 0 Å². The van der Waals surface area contributed by atoms with Crippen LogP contribution in [-0.2, 0) is 11.2 Å². The number of benzene rings is 2. The van der Waals surface area contributed by atoms with Crippen LogP contribution in [0.2, 0.25) is 0 Å². The molecule has 0 bridgehead atoms. The van der Waals surface area contributed by atoms with Crippen LogP contribution >= 0.6 is 0 Å². The minimum Gasteiger partial charge on any atom is -0.396 e. The molecule has 1 heterocycles. The fourth-order valence-electron chi connectivity index (χ4n) is 2.30. The molecule has 2 aromatic rings. The zero-order valence-electron chi connectivity index (χ0n) is 10.7. The number of carbonyl (C=O) groups is 2. The van der Waals surface area contributed by atoms with Crippen molar-refractivity contribution in [3.05, 3.63) is 58.7 Å². The van der Waals surface area contributed by atoms with Crippen molar-refractivity contribution in [1.82, 2.24) is 0 Å². The third kappa shape index (κ3) is 2.24. The van der Waals surface area contributed by atoms with Crippen LogP contribution in [0.3, 0.4) is 0 Å². The molecule has 6 heteroatoms. The van der Waals surface area contributed by atoms with Gasteiger partial charge in [-0.05, 0) is 35.9 Å². The Kier molecular flexibility index (Phi) is 2.94. The van der Waals surface area contributed by atoms with Gasteiger partial charge in [0.05, 0.1) is 17.7 Å². The molecule has 0 unspecified atom stereocenters. The van der Waals surface area contributed by atoms with Crippen molar-refractivity contribution in [2.45, 2.75) is 6.42 Å². The average Bonchev–Trinajstić information content (AvgIpc) is 2.81. The fraction of sp³-hybridized carbons (Fsp3) is 0.0667. The highest BCUT2D eigenvalue weighted by molar-refractivity contribution is 6.10. The lowest BCUT2D eigenvalue weighted by molar-refractivity contribution is -0.115. The van der Waals surface area contributed by atoms with Crippen molar-refractivity contribution in [3.8, 4) is 0 Å². The first-order valence-electron chi connectivity index (χ1n) is 6.17. The van der Waals surface area contributed by atoms with Crippen LogP contribution in [0.4, 0.5) is 20.2 Å². The molecule has 0 saturated heterocycles. The number of nitrogens with two attached hydrogens (primary N) is 1. The largest absolute Gasteiger partial charge is 0.396 e. The highest BCUT2D eigenvalue weighted by Gasteiger charge is 2.22. The summed E-state index contributed by atoms with van der Waals surface area (Å²) in [6, 6.07) is 6.14. The first-order chi connectivity index (χ1) is 9.95. The second-order valence-corrected chi connectivity index (χ2v) is 4.78. The summed E-state index contributed by atoms with van der Waals surface area (Å²) in [7, 11) is 0. The standard InChI is InChI=1S/C15H10F2N2O2/c16-9-5-10(14(17)11(18)6-9)15(21)7-1-2-12-8(3-7)4-13(20)19-12/h1-3,5-6H,4,18H2,(H,19,20). The number of nitrogens with one attached hydrogen (secondary N) is 1. The van der Waals surface area contributed by atoms with E-state index in [0.29, 0.717) is 11.3 Å². The summed E-state index contributed by atoms with van der Waals surface area (Å²) in [6.07, 6.45) is 0.157. The molecule has 1 aliphatic rings. The number of nitrogen functional groups attached to an aromatic ring is 1. The van der Waals surface area contributed by atoms with Crippen LogP contribution in [0.25, 0.3) is 0 Å². The molecule has 0 aromatic heterocycles. The Morgan fingerprint density at radius 3 is 2.71 bits per heavy atom. The number of ketones is 1. The molecule has 0 saturated carbocycles. The van der Waals surface area contributed by atoms with Crippen LogP contribution in [0.15, 0.2) is 30.3 Å². The Labute approximate surface area is 118 Å². The summed E-state index contributed by atoms with van der Waals surface area (Å²) >= 11 is 0. The predicted molar refractivity (Wildman–Crippen MR) is 73.0 cm³/mol. The van der Waals surface area contributed by atoms with Crippen LogP contribution in [0.1, 0.15) is 21.5 Å². The first kappa shape index (κ1) is 13.2. The molecule has 0 radical (unpaired) electrons. The number of amides is 1. The highest BCUT2D eigenvalue weighted by atomic mass is 19.1. The second-order valence-electron chi connectivity index (χ2n) is 4.78. The molecule has 0 aliphatic carbocycles. The summed E-state index contributed by atoms with van der Waals surface area (Å²) < 4.78 is 27.2. The zero-order valence-corrected chi connectivity index (χ0v) is 10.7. The van der Waals surface area contributed by atoms with Crippen molar-refractivity contribution in [1.29, 1.82) is 0 Å². The predicted octanol–water partition coefficient (Wildman–Crippen LogP) is 2.27. The number of hydrogen-bond acceptors (Lipinski definition) is 3. The van der Waals surface area contributed by atoms with Gasteiger partial charge in [0.25, 0.3) is 0 Å². The lowest BCUT2D eigenvalue weighted by atomic mass is 9.99. The molecule has 106 valence electrons. The monoisotopic (exact) mass is 288 g/mol. The maximum atomic E-state index is 13.9. The molecule has 3 N–H and O–H groups in total. The van der Waals surface area contributed by atoms with Gasteiger partial charge in [0.1, 0.15) is 5.82 Å². The van der Waals surface area contributed by atoms with Gasteiger partial charge in [-0.25, -0.2) is 8.78 Å². The molecule has 21 heavy (non-hydrogen) atoms. The van der Waals surface area contributed by atoms with Crippen LogP contribution in [0.5, 0.6) is 0 Å². The van der Waals surface area contributed by atoms with E-state index < -0.39 is 28.7 Å². The summed E-state index contributed by atoms with van der Waals surface area (Å²) in [6.45, 7) is 0. The second kappa shape index (κ2) is 4.66. The molecular formula is C15H10F2N2O2. The minimum absolute atomic E-state index is 0.157. The topological polar surface area (TPSA) is 72.2 Å². The number of carbonyl (C=O) groups excluding carboxylic acids is 2. The normalized spacial score (nSPS) is 13.0. The maximum Gasteiger partial charge on any atom is 0.228 e. The smallest absolute Gasteiger partial charge is 0.228 e. The van der Waals surface area contributed by atoms with Crippen molar-refractivity contribution in [2.75, 3.05) is 11.1 Å². The van der Waals surface area contributed by atoms with Gasteiger partial charge in [0, 0.05) is 11.3 Å². The Balaban J connectivity index is 2.04. The molecule has 1 amide bonds. The van der Waals surface area contributed by atoms with Gasteiger partial charge in [0.15, 0.2) is 11.6 Å². The number of halogens is 2. The third-order valence-corrected chi connectivity index (χ3v) is 3.30. The van der Waals surface area contributed by atoms with E-state index in [1.54, 1.807) is 6.07 Å². The van der Waals surface area contributed by atoms with Crippen LogP contribution in [-0.4, -0.2) is 11.7 Å². The molecule has 0 fully saturated rings. The molecular weight excluding hydrogens is 278 g/mol. The Morgan fingerprint density at radius 2 is 1.95 bits per heavy atom. The van der Waals surface area contributed by atoms with E-state index in [9.17, 15) is 18.4 Å². The summed E-state index contributed by atoms with van der Waals surface area (Å²) in [5, 5.41) is 2.63. The zero-order chi connectivity index (χ0) is 15.1. The fourth-order valence-corrected chi connectivity index (χ4v) is 2.30. The van der Waals surface area contributed by atoms with Gasteiger partial charge < -0.3 is 11.1 Å². The van der Waals surface area contributed by atoms with Gasteiger partial charge in [-0.15, -0.1) is 0 Å². The van der Waals surface area contributed by atoms with Gasteiger partial charge in [-0.1, -0.05) is 0 Å². The number of rotatable bonds is 2. The van der Waals surface area contributed by atoms with E-state index in [1.165, 1.54) is 12.1 Å². The number of fused-ring (bicyclic) bond motifs is 1. The molecule has 2 aromatic carbocycles. The van der Waals surface area contributed by atoms with Crippen LogP contribution in [0, 0.1) is 11.6 Å². The maximum absolute atomic E-state index is 13.9. The van der Waals surface area contributed by atoms with E-state index >= 15 is 0 Å². The van der Waals surface area contributed by atoms with Crippen molar-refractivity contribution in [2.24, 2.45) is 0 Å². The van der Waals surface area contributed by atoms with E-state index in [-0.39, 0.29) is 17.9 Å². The van der Waals surface area contributed by atoms with E-state index in [4.69, 9.17) is 5.73 Å². The summed E-state index contributed by atoms with van der Waals surface area (Å²) in [4.78, 5) is 23.6. The first-order valence-corrected chi connectivity index (χ1v) is 6.17. The van der Waals surface area contributed by atoms with Gasteiger partial charge in [-0.3, -0.25) is 9.59 Å². The van der Waals surface area contributed by atoms with E-state index in [2.05, 4.69) is 5.32 Å². The van der Waals surface area contributed by atoms with Crippen molar-refractivity contribution >= 4 is 23.1 Å². The van der Waals surface area contributed by atoms with Crippen molar-refractivity contribution < 1.29 is 18.4 Å². The molecule has 3 rings (SSSR count). The van der Waals surface area contributed by atoms with Crippen LogP contribution < -0.4 is 11.1 Å². The van der Waals surface area contributed by atoms with E-state index in [1.807, 2.05) is 0 Å². The Morgan fingerprint density at radius 1 is 1.19 bits per heavy atom. The SMILES string of the molecule is Nc1cc(F)cc(C(=O)c2ccc3c(c2)CC(=O)N3)c1F. The minimum atomic E-state index is -0.948. The van der Waals surface area contributed by atoms with E-state index in [0.717, 1.165) is 12.1 Å². The summed E-state index contributed by atoms with van der Waals surface area (Å²) in [5.74, 6) is -2.58. The molecule has 0 spiro atoms. The van der Waals surface area contributed by atoms with Gasteiger partial charge in [0.2, 0.25) is 5.91 Å². The number of hydrogen-bond donors (Lipinski definition) is 2. The summed E-state index contributed by atoms with van der Waals surface area (Å²) in [5.41, 5.74) is 5.92. The Hall–Kier alpha value is -2.76. The molecule has 0 atom stereocenters. The lowest BCUT2D eigenvalue weighted by Gasteiger charge is -2.07. The average molecular weight is 288 g/mol. The highest BCUT2D eigenvalue weighted by Crippen LogP contribution is 2.26. The third-order valence-electron chi connectivity index (χ3n) is 3.30. The number of anilines is 2. The van der Waals surface area contributed by atoms with Crippen molar-refractivity contribution in [3.63, 3.8) is 0 Å². The molecule has 1 aliphatic heterocycles. The quantitative estimate of drug-likeness (QED) is 0.657. The lowest BCUT2D eigenvalue weighted by Crippen LogP contribution is -2.08. The van der Waals surface area contributed by atoms with Gasteiger partial charge in [-0.2, -0.15) is 0 Å². The molecule has 4 nitrogen and oxygen atoms in total.